The highest BCUT2D eigenvalue weighted by Gasteiger charge is 2.18. The molecule has 0 aliphatic rings. The predicted octanol–water partition coefficient (Wildman–Crippen LogP) is 3.55. The van der Waals surface area contributed by atoms with Crippen LogP contribution in [0.25, 0.3) is 0 Å². The molecule has 2 heteroatoms. The Balaban J connectivity index is 2.71. The van der Waals surface area contributed by atoms with Gasteiger partial charge in [-0.1, -0.05) is 58.0 Å². The maximum atomic E-state index is 11.8. The van der Waals surface area contributed by atoms with Crippen LogP contribution in [0.4, 0.5) is 0 Å². The van der Waals surface area contributed by atoms with Crippen molar-refractivity contribution in [2.75, 3.05) is 0 Å². The Morgan fingerprint density at radius 3 is 2.18 bits per heavy atom. The molecule has 0 aliphatic carbocycles. The second-order valence-corrected chi connectivity index (χ2v) is 5.30. The van der Waals surface area contributed by atoms with Crippen molar-refractivity contribution in [3.63, 3.8) is 0 Å². The molecule has 1 unspecified atom stereocenters. The zero-order valence-corrected chi connectivity index (χ0v) is 11.2. The van der Waals surface area contributed by atoms with Crippen molar-refractivity contribution in [3.05, 3.63) is 35.9 Å². The van der Waals surface area contributed by atoms with Crippen molar-refractivity contribution in [2.45, 2.75) is 40.2 Å². The minimum atomic E-state index is 0.113. The highest BCUT2D eigenvalue weighted by molar-refractivity contribution is 5.76. The molecule has 0 aromatic heterocycles. The van der Waals surface area contributed by atoms with Crippen LogP contribution < -0.4 is 5.32 Å². The molecule has 2 nitrogen and oxygen atoms in total. The van der Waals surface area contributed by atoms with E-state index in [0.29, 0.717) is 18.3 Å². The summed E-state index contributed by atoms with van der Waals surface area (Å²) < 4.78 is 0. The fourth-order valence-electron chi connectivity index (χ4n) is 1.90. The SMILES string of the molecule is CC(C)CC(=O)NC(c1ccccc1)C(C)C. The van der Waals surface area contributed by atoms with Crippen molar-refractivity contribution in [3.8, 4) is 0 Å². The molecule has 17 heavy (non-hydrogen) atoms. The van der Waals surface area contributed by atoms with Gasteiger partial charge in [-0.15, -0.1) is 0 Å². The van der Waals surface area contributed by atoms with Gasteiger partial charge in [-0.3, -0.25) is 4.79 Å². The number of nitrogens with one attached hydrogen (secondary N) is 1. The first-order valence-corrected chi connectivity index (χ1v) is 6.35. The van der Waals surface area contributed by atoms with Crippen molar-refractivity contribution in [2.24, 2.45) is 11.8 Å². The minimum Gasteiger partial charge on any atom is -0.349 e. The molecule has 1 aromatic rings. The predicted molar refractivity (Wildman–Crippen MR) is 71.6 cm³/mol. The fourth-order valence-corrected chi connectivity index (χ4v) is 1.90. The van der Waals surface area contributed by atoms with E-state index in [1.807, 2.05) is 18.2 Å². The highest BCUT2D eigenvalue weighted by Crippen LogP contribution is 2.21. The third kappa shape index (κ3) is 4.59. The van der Waals surface area contributed by atoms with Crippen LogP contribution in [0.2, 0.25) is 0 Å². The maximum Gasteiger partial charge on any atom is 0.220 e. The third-order valence-corrected chi connectivity index (χ3v) is 2.74. The molecule has 0 saturated heterocycles. The van der Waals surface area contributed by atoms with Crippen LogP contribution in [0, 0.1) is 11.8 Å². The Bertz CT molecular complexity index is 343. The molecule has 0 aliphatic heterocycles. The summed E-state index contributed by atoms with van der Waals surface area (Å²) in [5.41, 5.74) is 1.18. The number of carbonyl (C=O) groups excluding carboxylic acids is 1. The van der Waals surface area contributed by atoms with Crippen LogP contribution in [0.5, 0.6) is 0 Å². The van der Waals surface area contributed by atoms with Crippen LogP contribution in [0.1, 0.15) is 45.7 Å². The van der Waals surface area contributed by atoms with Crippen LogP contribution in [-0.4, -0.2) is 5.91 Å². The quantitative estimate of drug-likeness (QED) is 0.828. The van der Waals surface area contributed by atoms with Crippen LogP contribution >= 0.6 is 0 Å². The zero-order chi connectivity index (χ0) is 12.8. The Morgan fingerprint density at radius 1 is 1.12 bits per heavy atom. The van der Waals surface area contributed by atoms with Crippen LogP contribution in [-0.2, 0) is 4.79 Å². The van der Waals surface area contributed by atoms with E-state index in [1.54, 1.807) is 0 Å². The second-order valence-electron chi connectivity index (χ2n) is 5.30. The topological polar surface area (TPSA) is 29.1 Å². The summed E-state index contributed by atoms with van der Waals surface area (Å²) in [6, 6.07) is 10.3. The molecule has 1 N–H and O–H groups in total. The van der Waals surface area contributed by atoms with Gasteiger partial charge in [0.05, 0.1) is 6.04 Å². The van der Waals surface area contributed by atoms with Gasteiger partial charge in [-0.2, -0.15) is 0 Å². The van der Waals surface area contributed by atoms with Crippen molar-refractivity contribution in [1.29, 1.82) is 0 Å². The van der Waals surface area contributed by atoms with Gasteiger partial charge in [-0.25, -0.2) is 0 Å². The number of hydrogen-bond acceptors (Lipinski definition) is 1. The first kappa shape index (κ1) is 13.8. The van der Waals surface area contributed by atoms with E-state index in [0.717, 1.165) is 0 Å². The molecule has 1 aromatic carbocycles. The summed E-state index contributed by atoms with van der Waals surface area (Å²) in [4.78, 5) is 11.8. The number of benzene rings is 1. The van der Waals surface area contributed by atoms with Gasteiger partial charge in [0, 0.05) is 6.42 Å². The average molecular weight is 233 g/mol. The number of carbonyl (C=O) groups is 1. The Hall–Kier alpha value is -1.31. The summed E-state index contributed by atoms with van der Waals surface area (Å²) >= 11 is 0. The molecule has 0 heterocycles. The summed E-state index contributed by atoms with van der Waals surface area (Å²) in [6.07, 6.45) is 0.593. The normalized spacial score (nSPS) is 12.8. The summed E-state index contributed by atoms with van der Waals surface area (Å²) in [7, 11) is 0. The molecule has 94 valence electrons. The van der Waals surface area contributed by atoms with Crippen molar-refractivity contribution in [1.82, 2.24) is 5.32 Å². The lowest BCUT2D eigenvalue weighted by atomic mass is 9.95. The van der Waals surface area contributed by atoms with E-state index in [-0.39, 0.29) is 11.9 Å². The van der Waals surface area contributed by atoms with E-state index in [4.69, 9.17) is 0 Å². The molecule has 0 spiro atoms. The van der Waals surface area contributed by atoms with Gasteiger partial charge in [0.15, 0.2) is 0 Å². The Kier molecular flexibility index (Phi) is 5.20. The molecule has 0 bridgehead atoms. The zero-order valence-electron chi connectivity index (χ0n) is 11.2. The van der Waals surface area contributed by atoms with Gasteiger partial charge < -0.3 is 5.32 Å². The van der Waals surface area contributed by atoms with E-state index in [1.165, 1.54) is 5.56 Å². The number of amides is 1. The summed E-state index contributed by atoms with van der Waals surface area (Å²) in [5.74, 6) is 0.939. The lowest BCUT2D eigenvalue weighted by Gasteiger charge is -2.23. The van der Waals surface area contributed by atoms with Crippen molar-refractivity contribution >= 4 is 5.91 Å². The number of hydrogen-bond donors (Lipinski definition) is 1. The third-order valence-electron chi connectivity index (χ3n) is 2.74. The largest absolute Gasteiger partial charge is 0.349 e. The van der Waals surface area contributed by atoms with E-state index < -0.39 is 0 Å². The average Bonchev–Trinajstić information content (AvgIpc) is 2.25. The molecule has 1 atom stereocenters. The Labute approximate surface area is 104 Å². The molecule has 0 saturated carbocycles. The second kappa shape index (κ2) is 6.43. The standard InChI is InChI=1S/C15H23NO/c1-11(2)10-14(17)16-15(12(3)4)13-8-6-5-7-9-13/h5-9,11-12,15H,10H2,1-4H3,(H,16,17). The number of rotatable bonds is 5. The van der Waals surface area contributed by atoms with Gasteiger partial charge in [-0.05, 0) is 17.4 Å². The van der Waals surface area contributed by atoms with Gasteiger partial charge in [0.25, 0.3) is 0 Å². The van der Waals surface area contributed by atoms with Gasteiger partial charge in [0.2, 0.25) is 5.91 Å². The molecule has 0 fully saturated rings. The maximum absolute atomic E-state index is 11.8. The molecule has 1 rings (SSSR count). The Morgan fingerprint density at radius 2 is 1.71 bits per heavy atom. The van der Waals surface area contributed by atoms with E-state index >= 15 is 0 Å². The fraction of sp³-hybridized carbons (Fsp3) is 0.533. The molecule has 0 radical (unpaired) electrons. The molecular weight excluding hydrogens is 210 g/mol. The first-order valence-electron chi connectivity index (χ1n) is 6.35. The smallest absolute Gasteiger partial charge is 0.220 e. The minimum absolute atomic E-state index is 0.113. The van der Waals surface area contributed by atoms with Crippen LogP contribution in [0.15, 0.2) is 30.3 Å². The summed E-state index contributed by atoms with van der Waals surface area (Å²) in [6.45, 7) is 8.39. The monoisotopic (exact) mass is 233 g/mol. The van der Waals surface area contributed by atoms with E-state index in [9.17, 15) is 4.79 Å². The van der Waals surface area contributed by atoms with Gasteiger partial charge >= 0.3 is 0 Å². The molecule has 1 amide bonds. The summed E-state index contributed by atoms with van der Waals surface area (Å²) in [5, 5.41) is 3.13. The lowest BCUT2D eigenvalue weighted by molar-refractivity contribution is -0.122. The highest BCUT2D eigenvalue weighted by atomic mass is 16.1. The van der Waals surface area contributed by atoms with Crippen molar-refractivity contribution < 1.29 is 4.79 Å². The van der Waals surface area contributed by atoms with Crippen LogP contribution in [0.3, 0.4) is 0 Å². The van der Waals surface area contributed by atoms with E-state index in [2.05, 4.69) is 45.1 Å². The van der Waals surface area contributed by atoms with Gasteiger partial charge in [0.1, 0.15) is 0 Å². The first-order chi connectivity index (χ1) is 8.00. The molecular formula is C15H23NO. The lowest BCUT2D eigenvalue weighted by Crippen LogP contribution is -2.32.